The standard InChI is InChI=1S/C23H17BrFN3O2/c1-15-27-22-10-7-18(24)12-21(22)23(29)28(15)26-13-17-3-2-4-20(11-17)30-14-16-5-8-19(25)9-6-16/h2-13H,14H2,1H3. The Balaban J connectivity index is 1.56. The van der Waals surface area contributed by atoms with Gasteiger partial charge in [-0.2, -0.15) is 9.78 Å². The fourth-order valence-corrected chi connectivity index (χ4v) is 3.31. The van der Waals surface area contributed by atoms with E-state index in [-0.39, 0.29) is 11.4 Å². The molecule has 0 aliphatic heterocycles. The molecule has 1 heterocycles. The molecular weight excluding hydrogens is 449 g/mol. The van der Waals surface area contributed by atoms with Gasteiger partial charge in [0.15, 0.2) is 0 Å². The van der Waals surface area contributed by atoms with E-state index in [9.17, 15) is 9.18 Å². The number of nitrogens with zero attached hydrogens (tertiary/aromatic N) is 3. The van der Waals surface area contributed by atoms with Crippen molar-refractivity contribution in [1.82, 2.24) is 9.66 Å². The first kappa shape index (κ1) is 20.0. The predicted molar refractivity (Wildman–Crippen MR) is 119 cm³/mol. The van der Waals surface area contributed by atoms with Crippen molar-refractivity contribution in [1.29, 1.82) is 0 Å². The molecule has 0 bridgehead atoms. The Morgan fingerprint density at radius 1 is 1.13 bits per heavy atom. The predicted octanol–water partition coefficient (Wildman–Crippen LogP) is 5.07. The van der Waals surface area contributed by atoms with Crippen molar-refractivity contribution in [3.05, 3.63) is 104 Å². The van der Waals surface area contributed by atoms with Crippen LogP contribution in [0.4, 0.5) is 4.39 Å². The topological polar surface area (TPSA) is 56.5 Å². The number of hydrogen-bond donors (Lipinski definition) is 0. The van der Waals surface area contributed by atoms with E-state index in [1.54, 1.807) is 37.4 Å². The van der Waals surface area contributed by atoms with Crippen LogP contribution >= 0.6 is 15.9 Å². The monoisotopic (exact) mass is 465 g/mol. The number of fused-ring (bicyclic) bond motifs is 1. The Labute approximate surface area is 180 Å². The van der Waals surface area contributed by atoms with Gasteiger partial charge in [-0.05, 0) is 60.5 Å². The number of hydrogen-bond acceptors (Lipinski definition) is 4. The van der Waals surface area contributed by atoms with Gasteiger partial charge in [0.1, 0.15) is 24.0 Å². The Bertz CT molecular complexity index is 1300. The lowest BCUT2D eigenvalue weighted by molar-refractivity contribution is 0.306. The number of halogens is 2. The minimum atomic E-state index is -0.280. The number of ether oxygens (including phenoxy) is 1. The summed E-state index contributed by atoms with van der Waals surface area (Å²) in [5.74, 6) is 0.862. The summed E-state index contributed by atoms with van der Waals surface area (Å²) in [6.45, 7) is 2.06. The molecule has 0 N–H and O–H groups in total. The summed E-state index contributed by atoms with van der Waals surface area (Å²) in [5.41, 5.74) is 2.03. The van der Waals surface area contributed by atoms with Crippen LogP contribution in [-0.2, 0) is 6.61 Å². The molecule has 0 atom stereocenters. The Hall–Kier alpha value is -3.32. The van der Waals surface area contributed by atoms with E-state index < -0.39 is 0 Å². The number of aromatic nitrogens is 2. The molecule has 4 aromatic rings. The molecule has 1 aromatic heterocycles. The largest absolute Gasteiger partial charge is 0.489 e. The maximum atomic E-state index is 13.0. The lowest BCUT2D eigenvalue weighted by Crippen LogP contribution is -2.20. The zero-order valence-electron chi connectivity index (χ0n) is 16.0. The molecule has 30 heavy (non-hydrogen) atoms. The Morgan fingerprint density at radius 2 is 1.93 bits per heavy atom. The third-order valence-corrected chi connectivity index (χ3v) is 4.96. The summed E-state index contributed by atoms with van der Waals surface area (Å²) in [7, 11) is 0. The molecule has 0 fully saturated rings. The average molecular weight is 466 g/mol. The molecule has 0 saturated heterocycles. The van der Waals surface area contributed by atoms with Crippen LogP contribution in [0.25, 0.3) is 10.9 Å². The van der Waals surface area contributed by atoms with Crippen LogP contribution in [0.15, 0.2) is 81.1 Å². The Kier molecular flexibility index (Phi) is 5.72. The van der Waals surface area contributed by atoms with Gasteiger partial charge in [-0.3, -0.25) is 4.79 Å². The van der Waals surface area contributed by atoms with Crippen molar-refractivity contribution >= 4 is 33.0 Å². The molecule has 0 spiro atoms. The van der Waals surface area contributed by atoms with E-state index in [0.717, 1.165) is 15.6 Å². The quantitative estimate of drug-likeness (QED) is 0.386. The zero-order valence-corrected chi connectivity index (χ0v) is 17.6. The van der Waals surface area contributed by atoms with Crippen molar-refractivity contribution in [2.24, 2.45) is 5.10 Å². The van der Waals surface area contributed by atoms with Gasteiger partial charge >= 0.3 is 0 Å². The van der Waals surface area contributed by atoms with Crippen LogP contribution in [0.2, 0.25) is 0 Å². The van der Waals surface area contributed by atoms with Crippen molar-refractivity contribution in [3.63, 3.8) is 0 Å². The molecule has 150 valence electrons. The van der Waals surface area contributed by atoms with E-state index in [0.29, 0.717) is 29.1 Å². The highest BCUT2D eigenvalue weighted by Gasteiger charge is 2.08. The van der Waals surface area contributed by atoms with Gasteiger partial charge in [0, 0.05) is 4.47 Å². The van der Waals surface area contributed by atoms with E-state index in [4.69, 9.17) is 4.74 Å². The minimum absolute atomic E-state index is 0.237. The maximum Gasteiger partial charge on any atom is 0.282 e. The fourth-order valence-electron chi connectivity index (χ4n) is 2.95. The highest BCUT2D eigenvalue weighted by molar-refractivity contribution is 9.10. The van der Waals surface area contributed by atoms with E-state index >= 15 is 0 Å². The molecule has 5 nitrogen and oxygen atoms in total. The molecule has 0 aliphatic carbocycles. The summed E-state index contributed by atoms with van der Waals surface area (Å²) in [6, 6.07) is 18.9. The lowest BCUT2D eigenvalue weighted by Gasteiger charge is -2.08. The van der Waals surface area contributed by atoms with Gasteiger partial charge in [0.25, 0.3) is 5.56 Å². The van der Waals surface area contributed by atoms with Gasteiger partial charge in [0.2, 0.25) is 0 Å². The van der Waals surface area contributed by atoms with E-state index in [1.807, 2.05) is 30.3 Å². The SMILES string of the molecule is Cc1nc2ccc(Br)cc2c(=O)n1N=Cc1cccc(OCc2ccc(F)cc2)c1. The smallest absolute Gasteiger partial charge is 0.282 e. The minimum Gasteiger partial charge on any atom is -0.489 e. The molecular formula is C23H17BrFN3O2. The van der Waals surface area contributed by atoms with Gasteiger partial charge in [0.05, 0.1) is 17.1 Å². The van der Waals surface area contributed by atoms with Gasteiger partial charge < -0.3 is 4.74 Å². The van der Waals surface area contributed by atoms with E-state index in [2.05, 4.69) is 26.0 Å². The molecule has 4 rings (SSSR count). The van der Waals surface area contributed by atoms with Crippen LogP contribution in [0, 0.1) is 12.7 Å². The Morgan fingerprint density at radius 3 is 2.73 bits per heavy atom. The number of aryl methyl sites for hydroxylation is 1. The second-order valence-electron chi connectivity index (χ2n) is 6.67. The van der Waals surface area contributed by atoms with Crippen molar-refractivity contribution in [2.45, 2.75) is 13.5 Å². The summed E-state index contributed by atoms with van der Waals surface area (Å²) in [6.07, 6.45) is 1.59. The second kappa shape index (κ2) is 8.59. The summed E-state index contributed by atoms with van der Waals surface area (Å²) in [4.78, 5) is 17.3. The van der Waals surface area contributed by atoms with Crippen molar-refractivity contribution < 1.29 is 9.13 Å². The summed E-state index contributed by atoms with van der Waals surface area (Å²) < 4.78 is 20.9. The van der Waals surface area contributed by atoms with Gasteiger partial charge in [-0.1, -0.05) is 40.2 Å². The van der Waals surface area contributed by atoms with E-state index in [1.165, 1.54) is 16.8 Å². The van der Waals surface area contributed by atoms with Crippen LogP contribution in [-0.4, -0.2) is 15.9 Å². The van der Waals surface area contributed by atoms with Gasteiger partial charge in [-0.25, -0.2) is 9.37 Å². The molecule has 3 aromatic carbocycles. The highest BCUT2D eigenvalue weighted by Crippen LogP contribution is 2.17. The first-order chi connectivity index (χ1) is 14.5. The summed E-state index contributed by atoms with van der Waals surface area (Å²) >= 11 is 3.38. The molecule has 0 amide bonds. The molecule has 0 saturated carbocycles. The normalized spacial score (nSPS) is 11.3. The summed E-state index contributed by atoms with van der Waals surface area (Å²) in [5, 5.41) is 4.82. The maximum absolute atomic E-state index is 13.0. The number of benzene rings is 3. The van der Waals surface area contributed by atoms with Crippen LogP contribution in [0.1, 0.15) is 17.0 Å². The highest BCUT2D eigenvalue weighted by atomic mass is 79.9. The molecule has 0 unspecified atom stereocenters. The fraction of sp³-hybridized carbons (Fsp3) is 0.0870. The third kappa shape index (κ3) is 4.46. The molecule has 0 aliphatic rings. The lowest BCUT2D eigenvalue weighted by atomic mass is 10.2. The van der Waals surface area contributed by atoms with Gasteiger partial charge in [-0.15, -0.1) is 0 Å². The zero-order chi connectivity index (χ0) is 21.1. The average Bonchev–Trinajstić information content (AvgIpc) is 2.74. The first-order valence-electron chi connectivity index (χ1n) is 9.20. The first-order valence-corrected chi connectivity index (χ1v) is 9.99. The van der Waals surface area contributed by atoms with Crippen molar-refractivity contribution in [3.8, 4) is 5.75 Å². The molecule has 7 heteroatoms. The van der Waals surface area contributed by atoms with Crippen LogP contribution in [0.5, 0.6) is 5.75 Å². The second-order valence-corrected chi connectivity index (χ2v) is 7.59. The van der Waals surface area contributed by atoms with Crippen LogP contribution < -0.4 is 10.3 Å². The molecule has 0 radical (unpaired) electrons. The van der Waals surface area contributed by atoms with Crippen LogP contribution in [0.3, 0.4) is 0 Å². The third-order valence-electron chi connectivity index (χ3n) is 4.47. The number of rotatable bonds is 5. The van der Waals surface area contributed by atoms with Crippen molar-refractivity contribution in [2.75, 3.05) is 0 Å².